The van der Waals surface area contributed by atoms with Gasteiger partial charge in [-0.25, -0.2) is 4.98 Å². The molecule has 0 aliphatic heterocycles. The summed E-state index contributed by atoms with van der Waals surface area (Å²) in [5.74, 6) is 0.445. The van der Waals surface area contributed by atoms with Crippen LogP contribution in [0.15, 0.2) is 6.07 Å². The Morgan fingerprint density at radius 2 is 2.11 bits per heavy atom. The molecule has 0 fully saturated rings. The third-order valence-corrected chi connectivity index (χ3v) is 2.99. The Kier molecular flexibility index (Phi) is 4.06. The van der Waals surface area contributed by atoms with Gasteiger partial charge in [-0.05, 0) is 51.7 Å². The molecular weight excluding hydrogens is 240 g/mol. The van der Waals surface area contributed by atoms with Crippen molar-refractivity contribution in [1.29, 1.82) is 5.26 Å². The van der Waals surface area contributed by atoms with E-state index in [1.807, 2.05) is 26.8 Å². The minimum absolute atomic E-state index is 0.174. The van der Waals surface area contributed by atoms with Crippen LogP contribution in [0.1, 0.15) is 44.0 Å². The van der Waals surface area contributed by atoms with Crippen molar-refractivity contribution in [2.75, 3.05) is 13.2 Å². The number of hydrogen-bond donors (Lipinski definition) is 0. The molecule has 19 heavy (non-hydrogen) atoms. The molecule has 1 heterocycles. The zero-order valence-electron chi connectivity index (χ0n) is 11.8. The smallest absolute Gasteiger partial charge is 0.232 e. The fraction of sp³-hybridized carbons (Fsp3) is 0.600. The Bertz CT molecular complexity index is 498. The van der Waals surface area contributed by atoms with E-state index in [4.69, 9.17) is 14.7 Å². The lowest BCUT2D eigenvalue weighted by molar-refractivity contribution is -0.0168. The lowest BCUT2D eigenvalue weighted by Crippen LogP contribution is -2.22. The van der Waals surface area contributed by atoms with Gasteiger partial charge in [0.1, 0.15) is 18.2 Å². The van der Waals surface area contributed by atoms with Crippen LogP contribution in [-0.2, 0) is 17.6 Å². The second-order valence-electron chi connectivity index (χ2n) is 5.72. The van der Waals surface area contributed by atoms with Gasteiger partial charge >= 0.3 is 0 Å². The van der Waals surface area contributed by atoms with Crippen LogP contribution in [0.25, 0.3) is 0 Å². The summed E-state index contributed by atoms with van der Waals surface area (Å²) in [6.07, 6.45) is 3.12. The summed E-state index contributed by atoms with van der Waals surface area (Å²) in [6, 6.07) is 4.07. The van der Waals surface area contributed by atoms with Crippen LogP contribution in [-0.4, -0.2) is 23.8 Å². The lowest BCUT2D eigenvalue weighted by atomic mass is 10.1. The molecule has 0 saturated heterocycles. The van der Waals surface area contributed by atoms with E-state index in [0.717, 1.165) is 25.0 Å². The maximum Gasteiger partial charge on any atom is 0.232 e. The average Bonchev–Trinajstić information content (AvgIpc) is 2.79. The minimum Gasteiger partial charge on any atom is -0.474 e. The first-order chi connectivity index (χ1) is 8.99. The van der Waals surface area contributed by atoms with Crippen LogP contribution in [0.4, 0.5) is 0 Å². The second kappa shape index (κ2) is 5.58. The quantitative estimate of drug-likeness (QED) is 0.781. The predicted molar refractivity (Wildman–Crippen MR) is 72.2 cm³/mol. The van der Waals surface area contributed by atoms with Gasteiger partial charge in [0.2, 0.25) is 5.88 Å². The summed E-state index contributed by atoms with van der Waals surface area (Å²) >= 11 is 0. The standard InChI is InChI=1S/C15H20N2O2/c1-15(2,3)19-8-7-18-14-12(10-16)9-11-5-4-6-13(11)17-14/h9H,4-8H2,1-3H3. The summed E-state index contributed by atoms with van der Waals surface area (Å²) in [5.41, 5.74) is 2.62. The number of hydrogen-bond acceptors (Lipinski definition) is 4. The molecule has 0 amide bonds. The second-order valence-corrected chi connectivity index (χ2v) is 5.72. The highest BCUT2D eigenvalue weighted by Crippen LogP contribution is 2.26. The first-order valence-electron chi connectivity index (χ1n) is 6.69. The van der Waals surface area contributed by atoms with Gasteiger partial charge in [0, 0.05) is 5.69 Å². The summed E-state index contributed by atoms with van der Waals surface area (Å²) < 4.78 is 11.2. The molecule has 0 atom stereocenters. The zero-order valence-corrected chi connectivity index (χ0v) is 11.8. The van der Waals surface area contributed by atoms with Crippen LogP contribution in [0, 0.1) is 11.3 Å². The average molecular weight is 260 g/mol. The number of fused-ring (bicyclic) bond motifs is 1. The Morgan fingerprint density at radius 3 is 2.79 bits per heavy atom. The molecule has 0 saturated carbocycles. The number of nitrogens with zero attached hydrogens (tertiary/aromatic N) is 2. The number of rotatable bonds is 4. The normalized spacial score (nSPS) is 14.0. The van der Waals surface area contributed by atoms with Crippen molar-refractivity contribution < 1.29 is 9.47 Å². The maximum absolute atomic E-state index is 9.13. The molecule has 1 aromatic heterocycles. The number of nitriles is 1. The molecule has 2 rings (SSSR count). The molecule has 1 aromatic rings. The number of aryl methyl sites for hydroxylation is 2. The fourth-order valence-corrected chi connectivity index (χ4v) is 2.13. The van der Waals surface area contributed by atoms with E-state index in [0.29, 0.717) is 24.7 Å². The van der Waals surface area contributed by atoms with Crippen LogP contribution in [0.5, 0.6) is 5.88 Å². The third-order valence-electron chi connectivity index (χ3n) is 2.99. The largest absolute Gasteiger partial charge is 0.474 e. The van der Waals surface area contributed by atoms with Gasteiger partial charge in [-0.15, -0.1) is 0 Å². The van der Waals surface area contributed by atoms with Crippen LogP contribution in [0.3, 0.4) is 0 Å². The summed E-state index contributed by atoms with van der Waals surface area (Å²) in [6.45, 7) is 6.91. The number of ether oxygens (including phenoxy) is 2. The summed E-state index contributed by atoms with van der Waals surface area (Å²) in [7, 11) is 0. The molecule has 0 unspecified atom stereocenters. The van der Waals surface area contributed by atoms with E-state index in [9.17, 15) is 0 Å². The van der Waals surface area contributed by atoms with E-state index >= 15 is 0 Å². The van der Waals surface area contributed by atoms with Crippen LogP contribution >= 0.6 is 0 Å². The monoisotopic (exact) mass is 260 g/mol. The molecule has 4 heteroatoms. The number of aromatic nitrogens is 1. The van der Waals surface area contributed by atoms with Gasteiger partial charge in [0.25, 0.3) is 0 Å². The van der Waals surface area contributed by atoms with Crippen molar-refractivity contribution >= 4 is 0 Å². The van der Waals surface area contributed by atoms with Crippen molar-refractivity contribution in [3.05, 3.63) is 22.9 Å². The highest BCUT2D eigenvalue weighted by atomic mass is 16.5. The Balaban J connectivity index is 1.99. The van der Waals surface area contributed by atoms with Crippen molar-refractivity contribution in [3.8, 4) is 11.9 Å². The van der Waals surface area contributed by atoms with Gasteiger partial charge in [-0.2, -0.15) is 5.26 Å². The molecule has 1 aliphatic carbocycles. The molecule has 0 aromatic carbocycles. The topological polar surface area (TPSA) is 55.1 Å². The SMILES string of the molecule is CC(C)(C)OCCOc1nc2c(cc1C#N)CCC2. The first kappa shape index (κ1) is 13.8. The molecule has 1 aliphatic rings. The summed E-state index contributed by atoms with van der Waals surface area (Å²) in [5, 5.41) is 9.13. The Morgan fingerprint density at radius 1 is 1.32 bits per heavy atom. The zero-order chi connectivity index (χ0) is 13.9. The Hall–Kier alpha value is -1.60. The van der Waals surface area contributed by atoms with Gasteiger partial charge in [0.05, 0.1) is 12.2 Å². The van der Waals surface area contributed by atoms with E-state index in [2.05, 4.69) is 11.1 Å². The van der Waals surface area contributed by atoms with Crippen molar-refractivity contribution in [3.63, 3.8) is 0 Å². The molecule has 0 bridgehead atoms. The highest BCUT2D eigenvalue weighted by Gasteiger charge is 2.17. The highest BCUT2D eigenvalue weighted by molar-refractivity contribution is 5.44. The number of pyridine rings is 1. The van der Waals surface area contributed by atoms with E-state index < -0.39 is 0 Å². The predicted octanol–water partition coefficient (Wildman–Crippen LogP) is 2.64. The fourth-order valence-electron chi connectivity index (χ4n) is 2.13. The first-order valence-corrected chi connectivity index (χ1v) is 6.69. The molecular formula is C15H20N2O2. The Labute approximate surface area is 114 Å². The van der Waals surface area contributed by atoms with Gasteiger partial charge in [0.15, 0.2) is 0 Å². The van der Waals surface area contributed by atoms with Crippen LogP contribution in [0.2, 0.25) is 0 Å². The van der Waals surface area contributed by atoms with Gasteiger partial charge < -0.3 is 9.47 Å². The minimum atomic E-state index is -0.174. The molecule has 0 N–H and O–H groups in total. The van der Waals surface area contributed by atoms with E-state index in [1.54, 1.807) is 0 Å². The maximum atomic E-state index is 9.13. The van der Waals surface area contributed by atoms with E-state index in [1.165, 1.54) is 5.56 Å². The lowest BCUT2D eigenvalue weighted by Gasteiger charge is -2.19. The third kappa shape index (κ3) is 3.68. The summed E-state index contributed by atoms with van der Waals surface area (Å²) in [4.78, 5) is 4.46. The van der Waals surface area contributed by atoms with E-state index in [-0.39, 0.29) is 5.60 Å². The van der Waals surface area contributed by atoms with Crippen LogP contribution < -0.4 is 4.74 Å². The van der Waals surface area contributed by atoms with Crippen molar-refractivity contribution in [2.45, 2.75) is 45.6 Å². The van der Waals surface area contributed by atoms with Gasteiger partial charge in [-0.3, -0.25) is 0 Å². The molecule has 0 radical (unpaired) electrons. The molecule has 4 nitrogen and oxygen atoms in total. The van der Waals surface area contributed by atoms with Crippen molar-refractivity contribution in [2.24, 2.45) is 0 Å². The molecule has 0 spiro atoms. The molecule has 102 valence electrons. The van der Waals surface area contributed by atoms with Gasteiger partial charge in [-0.1, -0.05) is 0 Å². The van der Waals surface area contributed by atoms with Crippen molar-refractivity contribution in [1.82, 2.24) is 4.98 Å².